The number of benzene rings is 2. The smallest absolute Gasteiger partial charge is 0.355 e. The Hall–Kier alpha value is -2.02. The van der Waals surface area contributed by atoms with Crippen LogP contribution in [-0.2, 0) is 6.18 Å². The van der Waals surface area contributed by atoms with Gasteiger partial charge >= 0.3 is 6.18 Å². The lowest BCUT2D eigenvalue weighted by atomic mass is 10.1. The zero-order valence-corrected chi connectivity index (χ0v) is 13.6. The standard InChI is InChI=1S/C16H15BrF3N3/c17-14(11-5-2-1-3-6-11)10-22-15(21)23-13-8-4-7-12(9-13)16(18,19)20/h1-9,14H,10H2,(H3,21,22,23). The molecular formula is C16H15BrF3N3. The topological polar surface area (TPSA) is 47.9 Å². The zero-order valence-electron chi connectivity index (χ0n) is 12.0. The number of alkyl halides is 4. The van der Waals surface area contributed by atoms with Crippen LogP contribution in [0.2, 0.25) is 0 Å². The van der Waals surface area contributed by atoms with Crippen LogP contribution in [0.25, 0.3) is 0 Å². The highest BCUT2D eigenvalue weighted by atomic mass is 79.9. The molecule has 0 aliphatic heterocycles. The molecule has 0 saturated carbocycles. The van der Waals surface area contributed by atoms with Crippen LogP contribution in [0.15, 0.2) is 54.6 Å². The van der Waals surface area contributed by atoms with Crippen LogP contribution in [0, 0.1) is 5.41 Å². The van der Waals surface area contributed by atoms with Crippen molar-refractivity contribution in [2.24, 2.45) is 0 Å². The lowest BCUT2D eigenvalue weighted by Crippen LogP contribution is -2.32. The van der Waals surface area contributed by atoms with E-state index in [1.54, 1.807) is 0 Å². The van der Waals surface area contributed by atoms with Crippen molar-refractivity contribution in [1.82, 2.24) is 5.32 Å². The first-order valence-electron chi connectivity index (χ1n) is 6.82. The van der Waals surface area contributed by atoms with Crippen molar-refractivity contribution in [3.8, 4) is 0 Å². The van der Waals surface area contributed by atoms with Gasteiger partial charge in [0.1, 0.15) is 0 Å². The summed E-state index contributed by atoms with van der Waals surface area (Å²) in [5.74, 6) is -0.0651. The lowest BCUT2D eigenvalue weighted by molar-refractivity contribution is -0.137. The maximum Gasteiger partial charge on any atom is 0.416 e. The van der Waals surface area contributed by atoms with Crippen molar-refractivity contribution < 1.29 is 13.2 Å². The first kappa shape index (κ1) is 17.3. The van der Waals surface area contributed by atoms with E-state index in [9.17, 15) is 13.2 Å². The maximum absolute atomic E-state index is 12.6. The molecule has 1 atom stereocenters. The zero-order chi connectivity index (χ0) is 16.9. The molecule has 0 aromatic heterocycles. The van der Waals surface area contributed by atoms with Crippen molar-refractivity contribution in [2.45, 2.75) is 11.0 Å². The molecule has 2 aromatic rings. The van der Waals surface area contributed by atoms with Gasteiger partial charge in [-0.3, -0.25) is 5.41 Å². The number of hydrogen-bond acceptors (Lipinski definition) is 1. The fraction of sp³-hybridized carbons (Fsp3) is 0.188. The van der Waals surface area contributed by atoms with Crippen molar-refractivity contribution in [1.29, 1.82) is 5.41 Å². The van der Waals surface area contributed by atoms with Crippen LogP contribution in [0.4, 0.5) is 18.9 Å². The molecule has 23 heavy (non-hydrogen) atoms. The molecule has 0 aliphatic carbocycles. The van der Waals surface area contributed by atoms with Crippen LogP contribution < -0.4 is 10.6 Å². The Morgan fingerprint density at radius 2 is 1.78 bits per heavy atom. The summed E-state index contributed by atoms with van der Waals surface area (Å²) in [6.07, 6.45) is -4.40. The van der Waals surface area contributed by atoms with E-state index in [0.717, 1.165) is 17.7 Å². The average Bonchev–Trinajstić information content (AvgIpc) is 2.53. The Bertz CT molecular complexity index is 659. The molecule has 122 valence electrons. The summed E-state index contributed by atoms with van der Waals surface area (Å²) < 4.78 is 37.9. The Kier molecular flexibility index (Phi) is 5.65. The van der Waals surface area contributed by atoms with Crippen LogP contribution in [0.1, 0.15) is 16.0 Å². The first-order valence-corrected chi connectivity index (χ1v) is 7.73. The largest absolute Gasteiger partial charge is 0.416 e. The van der Waals surface area contributed by atoms with Gasteiger partial charge in [-0.05, 0) is 23.8 Å². The van der Waals surface area contributed by atoms with E-state index in [0.29, 0.717) is 6.54 Å². The molecule has 0 bridgehead atoms. The van der Waals surface area contributed by atoms with Crippen LogP contribution >= 0.6 is 15.9 Å². The summed E-state index contributed by atoms with van der Waals surface area (Å²) in [7, 11) is 0. The van der Waals surface area contributed by atoms with E-state index in [2.05, 4.69) is 26.6 Å². The molecule has 3 N–H and O–H groups in total. The van der Waals surface area contributed by atoms with Gasteiger partial charge in [0.15, 0.2) is 5.96 Å². The molecule has 0 saturated heterocycles. The molecule has 0 fully saturated rings. The van der Waals surface area contributed by atoms with Gasteiger partial charge in [-0.2, -0.15) is 13.2 Å². The molecule has 0 heterocycles. The van der Waals surface area contributed by atoms with Crippen molar-refractivity contribution in [2.75, 3.05) is 11.9 Å². The lowest BCUT2D eigenvalue weighted by Gasteiger charge is -2.15. The highest BCUT2D eigenvalue weighted by Gasteiger charge is 2.30. The summed E-state index contributed by atoms with van der Waals surface area (Å²) in [4.78, 5) is -0.00707. The summed E-state index contributed by atoms with van der Waals surface area (Å²) in [5.41, 5.74) is 0.507. The molecule has 3 nitrogen and oxygen atoms in total. The Labute approximate surface area is 140 Å². The van der Waals surface area contributed by atoms with Crippen LogP contribution in [0.3, 0.4) is 0 Å². The van der Waals surface area contributed by atoms with E-state index < -0.39 is 11.7 Å². The molecule has 2 aromatic carbocycles. The highest BCUT2D eigenvalue weighted by molar-refractivity contribution is 9.09. The molecule has 1 unspecified atom stereocenters. The van der Waals surface area contributed by atoms with Gasteiger partial charge < -0.3 is 10.6 Å². The summed E-state index contributed by atoms with van der Waals surface area (Å²) in [6, 6.07) is 14.4. The number of rotatable bonds is 4. The Morgan fingerprint density at radius 1 is 1.09 bits per heavy atom. The molecule has 2 rings (SSSR count). The van der Waals surface area contributed by atoms with Crippen molar-refractivity contribution in [3.05, 3.63) is 65.7 Å². The van der Waals surface area contributed by atoms with E-state index in [1.165, 1.54) is 12.1 Å². The van der Waals surface area contributed by atoms with Gasteiger partial charge in [0.2, 0.25) is 0 Å². The second-order valence-corrected chi connectivity index (χ2v) is 5.94. The molecule has 0 aliphatic rings. The minimum Gasteiger partial charge on any atom is -0.355 e. The van der Waals surface area contributed by atoms with Gasteiger partial charge in [0.25, 0.3) is 0 Å². The predicted molar refractivity (Wildman–Crippen MR) is 88.9 cm³/mol. The highest BCUT2D eigenvalue weighted by Crippen LogP contribution is 2.30. The number of halogens is 4. The monoisotopic (exact) mass is 385 g/mol. The molecule has 7 heteroatoms. The third-order valence-electron chi connectivity index (χ3n) is 3.08. The molecule has 0 radical (unpaired) electrons. The number of anilines is 1. The SMILES string of the molecule is N=C(NCC(Br)c1ccccc1)Nc1cccc(C(F)(F)F)c1. The number of hydrogen-bond donors (Lipinski definition) is 3. The Balaban J connectivity index is 1.90. The van der Waals surface area contributed by atoms with Gasteiger partial charge in [-0.25, -0.2) is 0 Å². The molecule has 0 amide bonds. The first-order chi connectivity index (χ1) is 10.9. The predicted octanol–water partition coefficient (Wildman–Crippen LogP) is 4.78. The third kappa shape index (κ3) is 5.28. The summed E-state index contributed by atoms with van der Waals surface area (Å²) >= 11 is 3.50. The fourth-order valence-electron chi connectivity index (χ4n) is 1.93. The number of nitrogens with one attached hydrogen (secondary N) is 3. The van der Waals surface area contributed by atoms with E-state index in [-0.39, 0.29) is 16.5 Å². The normalized spacial score (nSPS) is 12.5. The minimum absolute atomic E-state index is 0.00707. The minimum atomic E-state index is -4.40. The molecule has 0 spiro atoms. The maximum atomic E-state index is 12.6. The quantitative estimate of drug-likeness (QED) is 0.403. The second kappa shape index (κ2) is 7.50. The molecular weight excluding hydrogens is 371 g/mol. The van der Waals surface area contributed by atoms with E-state index >= 15 is 0 Å². The third-order valence-corrected chi connectivity index (χ3v) is 3.93. The van der Waals surface area contributed by atoms with Gasteiger partial charge in [0, 0.05) is 12.2 Å². The summed E-state index contributed by atoms with van der Waals surface area (Å²) in [6.45, 7) is 0.425. The summed E-state index contributed by atoms with van der Waals surface area (Å²) in [5, 5.41) is 13.2. The number of guanidine groups is 1. The van der Waals surface area contributed by atoms with Crippen molar-refractivity contribution >= 4 is 27.6 Å². The van der Waals surface area contributed by atoms with E-state index in [4.69, 9.17) is 5.41 Å². The fourth-order valence-corrected chi connectivity index (χ4v) is 2.40. The van der Waals surface area contributed by atoms with Gasteiger partial charge in [-0.15, -0.1) is 0 Å². The average molecular weight is 386 g/mol. The van der Waals surface area contributed by atoms with Crippen LogP contribution in [-0.4, -0.2) is 12.5 Å². The van der Waals surface area contributed by atoms with E-state index in [1.807, 2.05) is 30.3 Å². The Morgan fingerprint density at radius 3 is 2.43 bits per heavy atom. The van der Waals surface area contributed by atoms with Gasteiger partial charge in [-0.1, -0.05) is 52.3 Å². The van der Waals surface area contributed by atoms with Crippen LogP contribution in [0.5, 0.6) is 0 Å². The second-order valence-electron chi connectivity index (χ2n) is 4.84. The van der Waals surface area contributed by atoms with Gasteiger partial charge in [0.05, 0.1) is 10.4 Å². The van der Waals surface area contributed by atoms with Crippen molar-refractivity contribution in [3.63, 3.8) is 0 Å².